The third kappa shape index (κ3) is 6.65. The standard InChI is InChI=1S/C24H38N4O/c1-19(2)7-8-20(3)27-16-11-23(12-17-27)28-14-9-21(10-15-28)24(29)26-18-22-6-4-5-13-25-22/h4-6,13,20-21,23H,1,7-12,14-18H2,2-3H3,(H,26,29). The molecule has 1 amide bonds. The van der Waals surface area contributed by atoms with Crippen molar-refractivity contribution in [3.63, 3.8) is 0 Å². The molecule has 1 aromatic rings. The highest BCUT2D eigenvalue weighted by Gasteiger charge is 2.31. The van der Waals surface area contributed by atoms with Crippen LogP contribution in [0.15, 0.2) is 36.5 Å². The van der Waals surface area contributed by atoms with Crippen molar-refractivity contribution in [2.75, 3.05) is 26.2 Å². The fourth-order valence-electron chi connectivity index (χ4n) is 4.68. The minimum absolute atomic E-state index is 0.150. The minimum atomic E-state index is 0.150. The van der Waals surface area contributed by atoms with Crippen LogP contribution in [0, 0.1) is 5.92 Å². The van der Waals surface area contributed by atoms with E-state index in [1.54, 1.807) is 6.20 Å². The van der Waals surface area contributed by atoms with E-state index in [0.717, 1.165) is 38.0 Å². The molecule has 0 aromatic carbocycles. The summed E-state index contributed by atoms with van der Waals surface area (Å²) in [6, 6.07) is 7.15. The molecule has 160 valence electrons. The van der Waals surface area contributed by atoms with Gasteiger partial charge in [-0.25, -0.2) is 0 Å². The summed E-state index contributed by atoms with van der Waals surface area (Å²) in [6.45, 7) is 13.6. The van der Waals surface area contributed by atoms with E-state index in [1.807, 2.05) is 18.2 Å². The van der Waals surface area contributed by atoms with Crippen molar-refractivity contribution in [1.29, 1.82) is 0 Å². The number of hydrogen-bond donors (Lipinski definition) is 1. The van der Waals surface area contributed by atoms with Crippen molar-refractivity contribution < 1.29 is 4.79 Å². The van der Waals surface area contributed by atoms with Gasteiger partial charge in [0, 0.05) is 24.2 Å². The molecule has 1 aromatic heterocycles. The van der Waals surface area contributed by atoms with Gasteiger partial charge >= 0.3 is 0 Å². The molecule has 3 rings (SSSR count). The van der Waals surface area contributed by atoms with Crippen molar-refractivity contribution in [1.82, 2.24) is 20.1 Å². The normalized spacial score (nSPS) is 21.0. The first-order valence-corrected chi connectivity index (χ1v) is 11.3. The number of carbonyl (C=O) groups is 1. The number of piperidine rings is 2. The van der Waals surface area contributed by atoms with Crippen LogP contribution in [-0.4, -0.2) is 59.0 Å². The van der Waals surface area contributed by atoms with E-state index >= 15 is 0 Å². The average molecular weight is 399 g/mol. The second-order valence-corrected chi connectivity index (χ2v) is 8.96. The molecule has 2 saturated heterocycles. The van der Waals surface area contributed by atoms with Gasteiger partial charge in [-0.05, 0) is 90.7 Å². The van der Waals surface area contributed by atoms with Crippen LogP contribution in [0.1, 0.15) is 58.1 Å². The monoisotopic (exact) mass is 398 g/mol. The van der Waals surface area contributed by atoms with E-state index in [1.165, 1.54) is 37.9 Å². The maximum atomic E-state index is 12.5. The van der Waals surface area contributed by atoms with E-state index in [9.17, 15) is 4.79 Å². The van der Waals surface area contributed by atoms with Crippen LogP contribution in [-0.2, 0) is 11.3 Å². The van der Waals surface area contributed by atoms with Gasteiger partial charge in [-0.3, -0.25) is 9.78 Å². The number of hydrogen-bond acceptors (Lipinski definition) is 4. The first-order chi connectivity index (χ1) is 14.0. The summed E-state index contributed by atoms with van der Waals surface area (Å²) < 4.78 is 0. The lowest BCUT2D eigenvalue weighted by atomic mass is 9.92. The van der Waals surface area contributed by atoms with Crippen molar-refractivity contribution in [2.24, 2.45) is 5.92 Å². The van der Waals surface area contributed by atoms with E-state index in [0.29, 0.717) is 18.6 Å². The molecule has 1 atom stereocenters. The second-order valence-electron chi connectivity index (χ2n) is 8.96. The zero-order valence-electron chi connectivity index (χ0n) is 18.3. The number of aromatic nitrogens is 1. The molecule has 2 aliphatic heterocycles. The summed E-state index contributed by atoms with van der Waals surface area (Å²) >= 11 is 0. The Morgan fingerprint density at radius 2 is 1.93 bits per heavy atom. The smallest absolute Gasteiger partial charge is 0.223 e. The van der Waals surface area contributed by atoms with Gasteiger partial charge in [-0.15, -0.1) is 6.58 Å². The van der Waals surface area contributed by atoms with Gasteiger partial charge in [0.25, 0.3) is 0 Å². The molecule has 5 nitrogen and oxygen atoms in total. The lowest BCUT2D eigenvalue weighted by Gasteiger charge is -2.43. The Morgan fingerprint density at radius 3 is 2.55 bits per heavy atom. The van der Waals surface area contributed by atoms with Gasteiger partial charge in [-0.1, -0.05) is 11.6 Å². The second kappa shape index (κ2) is 10.9. The highest BCUT2D eigenvalue weighted by Crippen LogP contribution is 2.25. The molecule has 0 aliphatic carbocycles. The summed E-state index contributed by atoms with van der Waals surface area (Å²) in [6.07, 6.45) is 8.59. The molecule has 0 spiro atoms. The van der Waals surface area contributed by atoms with Crippen LogP contribution in [0.4, 0.5) is 0 Å². The van der Waals surface area contributed by atoms with E-state index in [4.69, 9.17) is 0 Å². The Kier molecular flexibility index (Phi) is 8.25. The lowest BCUT2D eigenvalue weighted by Crippen LogP contribution is -2.50. The third-order valence-electron chi connectivity index (χ3n) is 6.70. The Balaban J connectivity index is 1.35. The largest absolute Gasteiger partial charge is 0.350 e. The van der Waals surface area contributed by atoms with Crippen molar-refractivity contribution in [3.05, 3.63) is 42.2 Å². The van der Waals surface area contributed by atoms with Crippen LogP contribution >= 0.6 is 0 Å². The van der Waals surface area contributed by atoms with Crippen molar-refractivity contribution >= 4 is 5.91 Å². The number of amides is 1. The lowest BCUT2D eigenvalue weighted by molar-refractivity contribution is -0.126. The average Bonchev–Trinajstić information content (AvgIpc) is 2.76. The van der Waals surface area contributed by atoms with Crippen LogP contribution in [0.25, 0.3) is 0 Å². The first-order valence-electron chi connectivity index (χ1n) is 11.3. The SMILES string of the molecule is C=C(C)CCC(C)N1CCC(N2CCC(C(=O)NCc3ccccn3)CC2)CC1. The fourth-order valence-corrected chi connectivity index (χ4v) is 4.68. The van der Waals surface area contributed by atoms with Crippen LogP contribution < -0.4 is 5.32 Å². The maximum absolute atomic E-state index is 12.5. The molecular formula is C24H38N4O. The summed E-state index contributed by atoms with van der Waals surface area (Å²) in [5, 5.41) is 3.07. The van der Waals surface area contributed by atoms with Gasteiger partial charge in [0.05, 0.1) is 12.2 Å². The Morgan fingerprint density at radius 1 is 1.21 bits per heavy atom. The molecular weight excluding hydrogens is 360 g/mol. The van der Waals surface area contributed by atoms with Gasteiger partial charge in [0.15, 0.2) is 0 Å². The van der Waals surface area contributed by atoms with E-state index < -0.39 is 0 Å². The van der Waals surface area contributed by atoms with Crippen LogP contribution in [0.5, 0.6) is 0 Å². The number of likely N-dealkylation sites (tertiary alicyclic amines) is 2. The summed E-state index contributed by atoms with van der Waals surface area (Å²) in [4.78, 5) is 22.1. The van der Waals surface area contributed by atoms with Crippen LogP contribution in [0.2, 0.25) is 0 Å². The number of nitrogens with zero attached hydrogens (tertiary/aromatic N) is 3. The Bertz CT molecular complexity index is 646. The Hall–Kier alpha value is -1.72. The van der Waals surface area contributed by atoms with Crippen molar-refractivity contribution in [3.8, 4) is 0 Å². The Labute approximate surface area is 176 Å². The molecule has 0 radical (unpaired) electrons. The molecule has 3 heterocycles. The van der Waals surface area contributed by atoms with Gasteiger partial charge in [0.2, 0.25) is 5.91 Å². The summed E-state index contributed by atoms with van der Waals surface area (Å²) in [5.74, 6) is 0.341. The summed E-state index contributed by atoms with van der Waals surface area (Å²) in [5.41, 5.74) is 2.21. The minimum Gasteiger partial charge on any atom is -0.350 e. The number of allylic oxidation sites excluding steroid dienone is 1. The number of carbonyl (C=O) groups excluding carboxylic acids is 1. The van der Waals surface area contributed by atoms with Crippen molar-refractivity contribution in [2.45, 2.75) is 71.0 Å². The third-order valence-corrected chi connectivity index (χ3v) is 6.70. The van der Waals surface area contributed by atoms with Gasteiger partial charge in [-0.2, -0.15) is 0 Å². The summed E-state index contributed by atoms with van der Waals surface area (Å²) in [7, 11) is 0. The predicted molar refractivity (Wildman–Crippen MR) is 118 cm³/mol. The zero-order valence-corrected chi connectivity index (χ0v) is 18.3. The molecule has 2 aliphatic rings. The topological polar surface area (TPSA) is 48.5 Å². The van der Waals surface area contributed by atoms with Gasteiger partial charge in [0.1, 0.15) is 0 Å². The maximum Gasteiger partial charge on any atom is 0.223 e. The van der Waals surface area contributed by atoms with E-state index in [2.05, 4.69) is 40.5 Å². The number of nitrogens with one attached hydrogen (secondary N) is 1. The molecule has 0 saturated carbocycles. The molecule has 5 heteroatoms. The number of rotatable bonds is 8. The highest BCUT2D eigenvalue weighted by atomic mass is 16.1. The molecule has 0 bridgehead atoms. The van der Waals surface area contributed by atoms with Gasteiger partial charge < -0.3 is 15.1 Å². The number of pyridine rings is 1. The molecule has 1 N–H and O–H groups in total. The fraction of sp³-hybridized carbons (Fsp3) is 0.667. The molecule has 2 fully saturated rings. The molecule has 29 heavy (non-hydrogen) atoms. The van der Waals surface area contributed by atoms with Crippen LogP contribution in [0.3, 0.4) is 0 Å². The molecule has 1 unspecified atom stereocenters. The van der Waals surface area contributed by atoms with E-state index in [-0.39, 0.29) is 11.8 Å². The predicted octanol–water partition coefficient (Wildman–Crippen LogP) is 3.62. The first kappa shape index (κ1) is 22.0. The highest BCUT2D eigenvalue weighted by molar-refractivity contribution is 5.78. The zero-order chi connectivity index (χ0) is 20.6. The quantitative estimate of drug-likeness (QED) is 0.680.